The Kier molecular flexibility index (Phi) is 6.08. The largest absolute Gasteiger partial charge is 0.343 e. The van der Waals surface area contributed by atoms with Crippen LogP contribution in [0.4, 0.5) is 14.9 Å². The zero-order chi connectivity index (χ0) is 18.5. The van der Waals surface area contributed by atoms with Crippen LogP contribution in [0, 0.1) is 11.7 Å². The summed E-state index contributed by atoms with van der Waals surface area (Å²) >= 11 is 0. The normalized spacial score (nSPS) is 23.7. The van der Waals surface area contributed by atoms with E-state index in [1.807, 2.05) is 4.90 Å². The molecule has 3 amide bonds. The minimum atomic E-state index is -0.341. The predicted octanol–water partition coefficient (Wildman–Crippen LogP) is 2.46. The van der Waals surface area contributed by atoms with Gasteiger partial charge in [0.05, 0.1) is 0 Å². The summed E-state index contributed by atoms with van der Waals surface area (Å²) in [6, 6.07) is 5.53. The molecular weight excluding hydrogens is 335 g/mol. The lowest BCUT2D eigenvalue weighted by atomic mass is 9.98. The van der Waals surface area contributed by atoms with Crippen molar-refractivity contribution < 1.29 is 14.0 Å². The highest BCUT2D eigenvalue weighted by Crippen LogP contribution is 2.27. The maximum absolute atomic E-state index is 12.9. The summed E-state index contributed by atoms with van der Waals surface area (Å²) in [5.74, 6) is 0.160. The standard InChI is InChI=1S/C19H27FN4O2/c20-14-4-6-15(7-5-14)22-19(26)23-16-8-10-24(11-9-16)18(25)12-13-2-1-3-17(13)21/h4-7,13,16-17H,1-3,8-12,21H2,(H2,22,23,26)/t13-,17+/m0/s1. The van der Waals surface area contributed by atoms with Crippen molar-refractivity contribution in [3.63, 3.8) is 0 Å². The minimum Gasteiger partial charge on any atom is -0.343 e. The predicted molar refractivity (Wildman–Crippen MR) is 98.1 cm³/mol. The molecule has 0 aromatic heterocycles. The van der Waals surface area contributed by atoms with Gasteiger partial charge < -0.3 is 21.3 Å². The molecule has 1 aliphatic heterocycles. The maximum atomic E-state index is 12.9. The molecule has 1 aromatic carbocycles. The van der Waals surface area contributed by atoms with Crippen LogP contribution in [0.15, 0.2) is 24.3 Å². The summed E-state index contributed by atoms with van der Waals surface area (Å²) in [5, 5.41) is 5.61. The summed E-state index contributed by atoms with van der Waals surface area (Å²) < 4.78 is 12.9. The number of piperidine rings is 1. The zero-order valence-corrected chi connectivity index (χ0v) is 14.9. The molecule has 2 aliphatic rings. The number of anilines is 1. The van der Waals surface area contributed by atoms with Gasteiger partial charge in [-0.25, -0.2) is 9.18 Å². The van der Waals surface area contributed by atoms with Crippen molar-refractivity contribution in [2.45, 2.75) is 50.6 Å². The fourth-order valence-electron chi connectivity index (χ4n) is 3.83. The third kappa shape index (κ3) is 4.94. The number of nitrogens with two attached hydrogens (primary N) is 1. The van der Waals surface area contributed by atoms with Crippen molar-refractivity contribution in [3.8, 4) is 0 Å². The third-order valence-electron chi connectivity index (χ3n) is 5.44. The highest BCUT2D eigenvalue weighted by molar-refractivity contribution is 5.89. The first-order valence-electron chi connectivity index (χ1n) is 9.37. The molecule has 3 rings (SSSR count). The number of nitrogens with zero attached hydrogens (tertiary/aromatic N) is 1. The second kappa shape index (κ2) is 8.49. The van der Waals surface area contributed by atoms with Crippen molar-refractivity contribution >= 4 is 17.6 Å². The van der Waals surface area contributed by atoms with E-state index >= 15 is 0 Å². The van der Waals surface area contributed by atoms with Gasteiger partial charge in [0.1, 0.15) is 5.82 Å². The van der Waals surface area contributed by atoms with Crippen LogP contribution in [-0.4, -0.2) is 42.0 Å². The van der Waals surface area contributed by atoms with Gasteiger partial charge in [0.25, 0.3) is 0 Å². The molecule has 4 N–H and O–H groups in total. The number of carbonyl (C=O) groups excluding carboxylic acids is 2. The van der Waals surface area contributed by atoms with E-state index in [4.69, 9.17) is 5.73 Å². The fourth-order valence-corrected chi connectivity index (χ4v) is 3.83. The first-order valence-corrected chi connectivity index (χ1v) is 9.37. The first kappa shape index (κ1) is 18.6. The Labute approximate surface area is 153 Å². The molecule has 0 spiro atoms. The molecule has 0 bridgehead atoms. The molecule has 2 atom stereocenters. The van der Waals surface area contributed by atoms with Crippen LogP contribution in [0.5, 0.6) is 0 Å². The summed E-state index contributed by atoms with van der Waals surface area (Å²) in [5.41, 5.74) is 6.61. The van der Waals surface area contributed by atoms with Crippen molar-refractivity contribution in [1.82, 2.24) is 10.2 Å². The van der Waals surface area contributed by atoms with Crippen LogP contribution in [0.3, 0.4) is 0 Å². The number of likely N-dealkylation sites (tertiary alicyclic amines) is 1. The number of nitrogens with one attached hydrogen (secondary N) is 2. The molecule has 0 radical (unpaired) electrons. The lowest BCUT2D eigenvalue weighted by Crippen LogP contribution is -2.48. The van der Waals surface area contributed by atoms with Crippen LogP contribution in [0.1, 0.15) is 38.5 Å². The third-order valence-corrected chi connectivity index (χ3v) is 5.44. The summed E-state index contributed by atoms with van der Waals surface area (Å²) in [6.45, 7) is 1.31. The second-order valence-electron chi connectivity index (χ2n) is 7.32. The van der Waals surface area contributed by atoms with E-state index in [1.54, 1.807) is 0 Å². The molecule has 1 aliphatic carbocycles. The Morgan fingerprint density at radius 3 is 2.42 bits per heavy atom. The van der Waals surface area contributed by atoms with Gasteiger partial charge in [-0.3, -0.25) is 4.79 Å². The smallest absolute Gasteiger partial charge is 0.319 e. The summed E-state index contributed by atoms with van der Waals surface area (Å²) in [7, 11) is 0. The average Bonchev–Trinajstić information content (AvgIpc) is 3.02. The summed E-state index contributed by atoms with van der Waals surface area (Å²) in [6.07, 6.45) is 5.21. The number of urea groups is 1. The number of benzene rings is 1. The molecule has 1 heterocycles. The fraction of sp³-hybridized carbons (Fsp3) is 0.579. The molecule has 6 nitrogen and oxygen atoms in total. The van der Waals surface area contributed by atoms with E-state index < -0.39 is 0 Å². The van der Waals surface area contributed by atoms with Crippen LogP contribution >= 0.6 is 0 Å². The zero-order valence-electron chi connectivity index (χ0n) is 14.9. The van der Waals surface area contributed by atoms with Gasteiger partial charge in [-0.2, -0.15) is 0 Å². The molecular formula is C19H27FN4O2. The van der Waals surface area contributed by atoms with E-state index in [0.29, 0.717) is 31.1 Å². The van der Waals surface area contributed by atoms with Crippen molar-refractivity contribution in [3.05, 3.63) is 30.1 Å². The Bertz CT molecular complexity index is 629. The quantitative estimate of drug-likeness (QED) is 0.769. The lowest BCUT2D eigenvalue weighted by Gasteiger charge is -2.33. The Balaban J connectivity index is 1.39. The highest BCUT2D eigenvalue weighted by atomic mass is 19.1. The van der Waals surface area contributed by atoms with E-state index in [1.165, 1.54) is 24.3 Å². The van der Waals surface area contributed by atoms with E-state index in [2.05, 4.69) is 10.6 Å². The molecule has 1 saturated carbocycles. The monoisotopic (exact) mass is 362 g/mol. The van der Waals surface area contributed by atoms with Crippen molar-refractivity contribution in [2.75, 3.05) is 18.4 Å². The van der Waals surface area contributed by atoms with Gasteiger partial charge in [0.2, 0.25) is 5.91 Å². The van der Waals surface area contributed by atoms with Crippen LogP contribution in [-0.2, 0) is 4.79 Å². The van der Waals surface area contributed by atoms with Gasteiger partial charge >= 0.3 is 6.03 Å². The Hall–Kier alpha value is -2.15. The minimum absolute atomic E-state index is 0.0354. The van der Waals surface area contributed by atoms with Gasteiger partial charge in [-0.05, 0) is 55.9 Å². The number of amides is 3. The molecule has 142 valence electrons. The number of rotatable bonds is 4. The average molecular weight is 362 g/mol. The van der Waals surface area contributed by atoms with E-state index in [0.717, 1.165) is 32.1 Å². The SMILES string of the molecule is N[C@@H]1CCC[C@H]1CC(=O)N1CCC(NC(=O)Nc2ccc(F)cc2)CC1. The number of hydrogen-bond donors (Lipinski definition) is 3. The van der Waals surface area contributed by atoms with E-state index in [9.17, 15) is 14.0 Å². The van der Waals surface area contributed by atoms with Gasteiger partial charge in [0.15, 0.2) is 0 Å². The highest BCUT2D eigenvalue weighted by Gasteiger charge is 2.30. The molecule has 0 unspecified atom stereocenters. The van der Waals surface area contributed by atoms with Crippen LogP contribution in [0.25, 0.3) is 0 Å². The molecule has 7 heteroatoms. The van der Waals surface area contributed by atoms with Crippen LogP contribution in [0.2, 0.25) is 0 Å². The lowest BCUT2D eigenvalue weighted by molar-refractivity contribution is -0.133. The van der Waals surface area contributed by atoms with Gasteiger partial charge in [-0.1, -0.05) is 6.42 Å². The van der Waals surface area contributed by atoms with Crippen LogP contribution < -0.4 is 16.4 Å². The number of hydrogen-bond acceptors (Lipinski definition) is 3. The molecule has 1 aromatic rings. The summed E-state index contributed by atoms with van der Waals surface area (Å²) in [4.78, 5) is 26.4. The van der Waals surface area contributed by atoms with E-state index in [-0.39, 0.29) is 29.8 Å². The molecule has 1 saturated heterocycles. The molecule has 26 heavy (non-hydrogen) atoms. The first-order chi connectivity index (χ1) is 12.5. The topological polar surface area (TPSA) is 87.5 Å². The Morgan fingerprint density at radius 2 is 1.81 bits per heavy atom. The molecule has 2 fully saturated rings. The Morgan fingerprint density at radius 1 is 1.12 bits per heavy atom. The maximum Gasteiger partial charge on any atom is 0.319 e. The van der Waals surface area contributed by atoms with Crippen molar-refractivity contribution in [2.24, 2.45) is 11.7 Å². The number of halogens is 1. The number of carbonyl (C=O) groups is 2. The van der Waals surface area contributed by atoms with Gasteiger partial charge in [0, 0.05) is 37.3 Å². The van der Waals surface area contributed by atoms with Crippen molar-refractivity contribution in [1.29, 1.82) is 0 Å². The van der Waals surface area contributed by atoms with Gasteiger partial charge in [-0.15, -0.1) is 0 Å². The second-order valence-corrected chi connectivity index (χ2v) is 7.32.